The standard InChI is InChI=1S/C6H5BrFN/c1-4-3-9-6(7)2-5(4)8/h2-3H,1H3. The summed E-state index contributed by atoms with van der Waals surface area (Å²) in [6, 6.07) is 1.34. The van der Waals surface area contributed by atoms with Crippen LogP contribution in [-0.4, -0.2) is 4.98 Å². The predicted molar refractivity (Wildman–Crippen MR) is 36.6 cm³/mol. The van der Waals surface area contributed by atoms with Crippen LogP contribution in [0, 0.1) is 12.7 Å². The molecule has 1 aromatic heterocycles. The quantitative estimate of drug-likeness (QED) is 0.572. The summed E-state index contributed by atoms with van der Waals surface area (Å²) in [5.41, 5.74) is 0.568. The lowest BCUT2D eigenvalue weighted by molar-refractivity contribution is 0.614. The molecule has 0 spiro atoms. The summed E-state index contributed by atoms with van der Waals surface area (Å²) in [6.45, 7) is 1.68. The highest BCUT2D eigenvalue weighted by atomic mass is 79.9. The van der Waals surface area contributed by atoms with E-state index in [-0.39, 0.29) is 5.82 Å². The first-order valence-corrected chi connectivity index (χ1v) is 3.27. The largest absolute Gasteiger partial charge is 0.249 e. The zero-order valence-electron chi connectivity index (χ0n) is 4.86. The first-order valence-electron chi connectivity index (χ1n) is 2.48. The molecule has 0 bridgehead atoms. The molecule has 0 unspecified atom stereocenters. The Balaban J connectivity index is 3.17. The van der Waals surface area contributed by atoms with Gasteiger partial charge in [-0.15, -0.1) is 0 Å². The molecule has 0 saturated carbocycles. The molecular weight excluding hydrogens is 185 g/mol. The summed E-state index contributed by atoms with van der Waals surface area (Å²) >= 11 is 3.05. The minimum absolute atomic E-state index is 0.225. The molecule has 0 amide bonds. The number of hydrogen-bond donors (Lipinski definition) is 0. The van der Waals surface area contributed by atoms with E-state index in [1.54, 1.807) is 6.92 Å². The molecule has 0 fully saturated rings. The molecule has 0 saturated heterocycles. The summed E-state index contributed by atoms with van der Waals surface area (Å²) in [4.78, 5) is 3.82. The molecule has 1 heterocycles. The zero-order chi connectivity index (χ0) is 6.85. The zero-order valence-corrected chi connectivity index (χ0v) is 6.44. The Kier molecular flexibility index (Phi) is 1.81. The molecule has 3 heteroatoms. The third-order valence-corrected chi connectivity index (χ3v) is 1.44. The van der Waals surface area contributed by atoms with Gasteiger partial charge in [-0.2, -0.15) is 0 Å². The number of rotatable bonds is 0. The molecule has 0 atom stereocenters. The molecule has 9 heavy (non-hydrogen) atoms. The molecule has 0 aliphatic carbocycles. The second kappa shape index (κ2) is 2.43. The van der Waals surface area contributed by atoms with Crippen LogP contribution < -0.4 is 0 Å². The van der Waals surface area contributed by atoms with Crippen LogP contribution >= 0.6 is 15.9 Å². The molecule has 0 aromatic carbocycles. The normalized spacial score (nSPS) is 9.67. The smallest absolute Gasteiger partial charge is 0.130 e. The topological polar surface area (TPSA) is 12.9 Å². The van der Waals surface area contributed by atoms with Crippen LogP contribution in [0.1, 0.15) is 5.56 Å². The maximum atomic E-state index is 12.5. The van der Waals surface area contributed by atoms with Gasteiger partial charge in [-0.05, 0) is 22.9 Å². The summed E-state index contributed by atoms with van der Waals surface area (Å²) in [5, 5.41) is 0. The van der Waals surface area contributed by atoms with E-state index in [0.29, 0.717) is 10.2 Å². The summed E-state index contributed by atoms with van der Waals surface area (Å²) < 4.78 is 13.0. The molecule has 0 aliphatic heterocycles. The lowest BCUT2D eigenvalue weighted by Crippen LogP contribution is -1.83. The molecule has 48 valence electrons. The highest BCUT2D eigenvalue weighted by molar-refractivity contribution is 9.10. The monoisotopic (exact) mass is 189 g/mol. The van der Waals surface area contributed by atoms with Crippen LogP contribution in [0.5, 0.6) is 0 Å². The third-order valence-electron chi connectivity index (χ3n) is 1.00. The van der Waals surface area contributed by atoms with E-state index in [9.17, 15) is 4.39 Å². The Hall–Kier alpha value is -0.440. The van der Waals surface area contributed by atoms with Gasteiger partial charge in [0, 0.05) is 17.8 Å². The van der Waals surface area contributed by atoms with Gasteiger partial charge in [-0.1, -0.05) is 0 Å². The average Bonchev–Trinajstić information content (AvgIpc) is 1.80. The van der Waals surface area contributed by atoms with Crippen molar-refractivity contribution in [2.45, 2.75) is 6.92 Å². The maximum absolute atomic E-state index is 12.5. The Bertz CT molecular complexity index is 224. The van der Waals surface area contributed by atoms with Crippen molar-refractivity contribution >= 4 is 15.9 Å². The van der Waals surface area contributed by atoms with Crippen molar-refractivity contribution in [3.63, 3.8) is 0 Å². The van der Waals surface area contributed by atoms with E-state index >= 15 is 0 Å². The lowest BCUT2D eigenvalue weighted by atomic mass is 10.3. The molecule has 0 radical (unpaired) electrons. The van der Waals surface area contributed by atoms with Crippen molar-refractivity contribution in [1.29, 1.82) is 0 Å². The van der Waals surface area contributed by atoms with Gasteiger partial charge in [0.25, 0.3) is 0 Å². The minimum Gasteiger partial charge on any atom is -0.249 e. The fraction of sp³-hybridized carbons (Fsp3) is 0.167. The van der Waals surface area contributed by atoms with Gasteiger partial charge < -0.3 is 0 Å². The van der Waals surface area contributed by atoms with Crippen LogP contribution in [-0.2, 0) is 0 Å². The third kappa shape index (κ3) is 1.48. The fourth-order valence-electron chi connectivity index (χ4n) is 0.476. The van der Waals surface area contributed by atoms with Crippen LogP contribution in [0.15, 0.2) is 16.9 Å². The Morgan fingerprint density at radius 1 is 1.67 bits per heavy atom. The number of halogens is 2. The van der Waals surface area contributed by atoms with E-state index in [1.807, 2.05) is 0 Å². The van der Waals surface area contributed by atoms with Crippen LogP contribution in [0.25, 0.3) is 0 Å². The van der Waals surface area contributed by atoms with Crippen molar-refractivity contribution in [1.82, 2.24) is 4.98 Å². The minimum atomic E-state index is -0.225. The maximum Gasteiger partial charge on any atom is 0.130 e. The number of aryl methyl sites for hydroxylation is 1. The highest BCUT2D eigenvalue weighted by Gasteiger charge is 1.95. The number of aromatic nitrogens is 1. The van der Waals surface area contributed by atoms with Crippen molar-refractivity contribution in [2.75, 3.05) is 0 Å². The van der Waals surface area contributed by atoms with E-state index < -0.39 is 0 Å². The molecule has 0 aliphatic rings. The van der Waals surface area contributed by atoms with Crippen molar-refractivity contribution in [2.24, 2.45) is 0 Å². The number of nitrogens with zero attached hydrogens (tertiary/aromatic N) is 1. The van der Waals surface area contributed by atoms with E-state index in [0.717, 1.165) is 0 Å². The van der Waals surface area contributed by atoms with Gasteiger partial charge in [0.2, 0.25) is 0 Å². The van der Waals surface area contributed by atoms with E-state index in [2.05, 4.69) is 20.9 Å². The average molecular weight is 190 g/mol. The van der Waals surface area contributed by atoms with Gasteiger partial charge in [-0.25, -0.2) is 9.37 Å². The SMILES string of the molecule is Cc1cnc(Br)cc1F. The predicted octanol–water partition coefficient (Wildman–Crippen LogP) is 2.29. The van der Waals surface area contributed by atoms with Crippen LogP contribution in [0.2, 0.25) is 0 Å². The van der Waals surface area contributed by atoms with Gasteiger partial charge in [0.1, 0.15) is 10.4 Å². The summed E-state index contributed by atoms with van der Waals surface area (Å²) in [7, 11) is 0. The summed E-state index contributed by atoms with van der Waals surface area (Å²) in [5.74, 6) is -0.225. The van der Waals surface area contributed by atoms with Crippen LogP contribution in [0.4, 0.5) is 4.39 Å². The van der Waals surface area contributed by atoms with Gasteiger partial charge in [0.05, 0.1) is 0 Å². The Morgan fingerprint density at radius 2 is 2.33 bits per heavy atom. The lowest BCUT2D eigenvalue weighted by Gasteiger charge is -1.92. The Morgan fingerprint density at radius 3 is 2.78 bits per heavy atom. The number of hydrogen-bond acceptors (Lipinski definition) is 1. The second-order valence-electron chi connectivity index (χ2n) is 1.76. The van der Waals surface area contributed by atoms with E-state index in [4.69, 9.17) is 0 Å². The Labute approximate surface area is 61.0 Å². The van der Waals surface area contributed by atoms with Crippen molar-refractivity contribution in [3.05, 3.63) is 28.2 Å². The molecule has 1 nitrogen and oxygen atoms in total. The van der Waals surface area contributed by atoms with Crippen molar-refractivity contribution in [3.8, 4) is 0 Å². The fourth-order valence-corrected chi connectivity index (χ4v) is 0.779. The van der Waals surface area contributed by atoms with Gasteiger partial charge in [-0.3, -0.25) is 0 Å². The molecule has 0 N–H and O–H groups in total. The van der Waals surface area contributed by atoms with Crippen molar-refractivity contribution < 1.29 is 4.39 Å². The number of pyridine rings is 1. The first kappa shape index (κ1) is 6.68. The molecule has 1 aromatic rings. The van der Waals surface area contributed by atoms with E-state index in [1.165, 1.54) is 12.3 Å². The summed E-state index contributed by atoms with van der Waals surface area (Å²) in [6.07, 6.45) is 1.49. The first-order chi connectivity index (χ1) is 4.20. The van der Waals surface area contributed by atoms with Gasteiger partial charge in [0.15, 0.2) is 0 Å². The van der Waals surface area contributed by atoms with Crippen LogP contribution in [0.3, 0.4) is 0 Å². The van der Waals surface area contributed by atoms with Gasteiger partial charge >= 0.3 is 0 Å². The second-order valence-corrected chi connectivity index (χ2v) is 2.57. The molecular formula is C6H5BrFN. The molecule has 1 rings (SSSR count). The highest BCUT2D eigenvalue weighted by Crippen LogP contribution is 2.09.